The summed E-state index contributed by atoms with van der Waals surface area (Å²) < 4.78 is 1.83. The van der Waals surface area contributed by atoms with Gasteiger partial charge in [-0.3, -0.25) is 0 Å². The van der Waals surface area contributed by atoms with Gasteiger partial charge in [0.15, 0.2) is 0 Å². The van der Waals surface area contributed by atoms with Crippen LogP contribution in [0.1, 0.15) is 0 Å². The van der Waals surface area contributed by atoms with Crippen LogP contribution in [-0.2, 0) is 0 Å². The monoisotopic (exact) mass is 225 g/mol. The first-order valence-electron chi connectivity index (χ1n) is 5.32. The molecule has 0 aliphatic carbocycles. The molecule has 0 spiro atoms. The first-order valence-corrected chi connectivity index (χ1v) is 5.32. The van der Waals surface area contributed by atoms with E-state index < -0.39 is 0 Å². The van der Waals surface area contributed by atoms with Crippen molar-refractivity contribution in [3.63, 3.8) is 0 Å². The second-order valence-corrected chi connectivity index (χ2v) is 3.60. The van der Waals surface area contributed by atoms with Crippen LogP contribution in [0.4, 0.5) is 5.95 Å². The Morgan fingerprint density at radius 2 is 2.18 bits per heavy atom. The lowest BCUT2D eigenvalue weighted by Gasteiger charge is -2.01. The van der Waals surface area contributed by atoms with Crippen molar-refractivity contribution in [1.29, 1.82) is 0 Å². The van der Waals surface area contributed by atoms with E-state index in [2.05, 4.69) is 20.4 Å². The van der Waals surface area contributed by atoms with Gasteiger partial charge in [-0.1, -0.05) is 6.07 Å². The van der Waals surface area contributed by atoms with E-state index in [1.165, 1.54) is 0 Å². The molecule has 0 aromatic carbocycles. The largest absolute Gasteiger partial charge is 0.357 e. The Labute approximate surface area is 98.1 Å². The Hall–Kier alpha value is -2.43. The average molecular weight is 225 g/mol. The topological polar surface area (TPSA) is 55.1 Å². The first-order chi connectivity index (χ1) is 8.38. The number of nitrogens with one attached hydrogen (secondary N) is 1. The normalized spacial score (nSPS) is 10.6. The molecule has 0 saturated carbocycles. The van der Waals surface area contributed by atoms with E-state index in [1.54, 1.807) is 13.2 Å². The van der Waals surface area contributed by atoms with Gasteiger partial charge in [0, 0.05) is 25.0 Å². The van der Waals surface area contributed by atoms with Gasteiger partial charge in [-0.2, -0.15) is 5.10 Å². The number of fused-ring (bicyclic) bond motifs is 1. The Balaban J connectivity index is 2.20. The van der Waals surface area contributed by atoms with E-state index in [0.29, 0.717) is 5.95 Å². The molecule has 0 fully saturated rings. The second kappa shape index (κ2) is 3.86. The van der Waals surface area contributed by atoms with Gasteiger partial charge in [-0.25, -0.2) is 14.5 Å². The van der Waals surface area contributed by atoms with Gasteiger partial charge < -0.3 is 5.32 Å². The molecule has 0 atom stereocenters. The van der Waals surface area contributed by atoms with Crippen LogP contribution in [0.25, 0.3) is 16.8 Å². The van der Waals surface area contributed by atoms with E-state index in [9.17, 15) is 0 Å². The van der Waals surface area contributed by atoms with Crippen LogP contribution >= 0.6 is 0 Å². The summed E-state index contributed by atoms with van der Waals surface area (Å²) in [5.74, 6) is 0.609. The van der Waals surface area contributed by atoms with Gasteiger partial charge in [-0.15, -0.1) is 0 Å². The number of anilines is 1. The van der Waals surface area contributed by atoms with Crippen molar-refractivity contribution >= 4 is 11.5 Å². The molecule has 1 N–H and O–H groups in total. The van der Waals surface area contributed by atoms with Crippen molar-refractivity contribution in [2.24, 2.45) is 0 Å². The number of pyridine rings is 1. The number of aromatic nitrogens is 4. The third-order valence-corrected chi connectivity index (χ3v) is 2.58. The lowest BCUT2D eigenvalue weighted by Crippen LogP contribution is -1.96. The minimum absolute atomic E-state index is 0.609. The van der Waals surface area contributed by atoms with E-state index in [1.807, 2.05) is 41.2 Å². The fraction of sp³-hybridized carbons (Fsp3) is 0.0833. The molecule has 84 valence electrons. The maximum Gasteiger partial charge on any atom is 0.222 e. The highest BCUT2D eigenvalue weighted by Crippen LogP contribution is 2.22. The van der Waals surface area contributed by atoms with E-state index >= 15 is 0 Å². The summed E-state index contributed by atoms with van der Waals surface area (Å²) in [6, 6.07) is 7.83. The quantitative estimate of drug-likeness (QED) is 0.723. The lowest BCUT2D eigenvalue weighted by molar-refractivity contribution is 0.961. The number of hydrogen-bond acceptors (Lipinski definition) is 4. The van der Waals surface area contributed by atoms with E-state index in [-0.39, 0.29) is 0 Å². The molecule has 0 amide bonds. The van der Waals surface area contributed by atoms with Gasteiger partial charge in [0.1, 0.15) is 0 Å². The van der Waals surface area contributed by atoms with Crippen LogP contribution in [0.15, 0.2) is 42.9 Å². The highest BCUT2D eigenvalue weighted by molar-refractivity contribution is 5.77. The molecule has 5 heteroatoms. The van der Waals surface area contributed by atoms with Crippen LogP contribution in [0.3, 0.4) is 0 Å². The summed E-state index contributed by atoms with van der Waals surface area (Å²) in [6.07, 6.45) is 5.47. The number of rotatable bonds is 2. The summed E-state index contributed by atoms with van der Waals surface area (Å²) in [4.78, 5) is 8.51. The smallest absolute Gasteiger partial charge is 0.222 e. The van der Waals surface area contributed by atoms with Gasteiger partial charge in [0.05, 0.1) is 17.4 Å². The van der Waals surface area contributed by atoms with Crippen LogP contribution in [0.2, 0.25) is 0 Å². The highest BCUT2D eigenvalue weighted by Gasteiger charge is 2.07. The molecule has 0 radical (unpaired) electrons. The van der Waals surface area contributed by atoms with Gasteiger partial charge in [0.25, 0.3) is 0 Å². The molecule has 0 unspecified atom stereocenters. The molecular formula is C12H11N5. The van der Waals surface area contributed by atoms with E-state index in [0.717, 1.165) is 16.8 Å². The van der Waals surface area contributed by atoms with Crippen molar-refractivity contribution in [2.75, 3.05) is 12.4 Å². The standard InChI is InChI=1S/C12H11N5/c1-13-12-14-6-5-10(16-12)9-8-15-17-7-3-2-4-11(9)17/h2-8H,1H3,(H,13,14,16). The molecule has 0 saturated heterocycles. The second-order valence-electron chi connectivity index (χ2n) is 3.60. The SMILES string of the molecule is CNc1nccc(-c2cnn3ccccc23)n1. The maximum atomic E-state index is 4.41. The van der Waals surface area contributed by atoms with Crippen LogP contribution in [0.5, 0.6) is 0 Å². The van der Waals surface area contributed by atoms with Gasteiger partial charge in [-0.05, 0) is 18.2 Å². The molecule has 17 heavy (non-hydrogen) atoms. The maximum absolute atomic E-state index is 4.41. The first kappa shape index (κ1) is 9.77. The molecule has 3 rings (SSSR count). The van der Waals surface area contributed by atoms with Crippen LogP contribution in [-0.4, -0.2) is 26.6 Å². The molecule has 3 aromatic rings. The molecule has 5 nitrogen and oxygen atoms in total. The predicted molar refractivity (Wildman–Crippen MR) is 65.8 cm³/mol. The number of nitrogens with zero attached hydrogens (tertiary/aromatic N) is 4. The van der Waals surface area contributed by atoms with E-state index in [4.69, 9.17) is 0 Å². The third kappa shape index (κ3) is 1.61. The summed E-state index contributed by atoms with van der Waals surface area (Å²) in [5, 5.41) is 7.21. The Morgan fingerprint density at radius 3 is 3.06 bits per heavy atom. The van der Waals surface area contributed by atoms with Crippen molar-refractivity contribution < 1.29 is 0 Å². The van der Waals surface area contributed by atoms with Crippen molar-refractivity contribution in [3.05, 3.63) is 42.9 Å². The van der Waals surface area contributed by atoms with Gasteiger partial charge >= 0.3 is 0 Å². The summed E-state index contributed by atoms with van der Waals surface area (Å²) in [5.41, 5.74) is 2.91. The highest BCUT2D eigenvalue weighted by atomic mass is 15.2. The molecule has 0 aliphatic rings. The molecule has 0 bridgehead atoms. The Bertz CT molecular complexity index is 659. The Morgan fingerprint density at radius 1 is 1.24 bits per heavy atom. The molecular weight excluding hydrogens is 214 g/mol. The minimum atomic E-state index is 0.609. The van der Waals surface area contributed by atoms with Crippen molar-refractivity contribution in [1.82, 2.24) is 19.6 Å². The summed E-state index contributed by atoms with van der Waals surface area (Å²) in [6.45, 7) is 0. The van der Waals surface area contributed by atoms with Gasteiger partial charge in [0.2, 0.25) is 5.95 Å². The fourth-order valence-corrected chi connectivity index (χ4v) is 1.76. The minimum Gasteiger partial charge on any atom is -0.357 e. The van der Waals surface area contributed by atoms with Crippen LogP contribution < -0.4 is 5.32 Å². The molecule has 3 heterocycles. The lowest BCUT2D eigenvalue weighted by atomic mass is 10.2. The fourth-order valence-electron chi connectivity index (χ4n) is 1.76. The van der Waals surface area contributed by atoms with Crippen molar-refractivity contribution in [2.45, 2.75) is 0 Å². The van der Waals surface area contributed by atoms with Crippen LogP contribution in [0, 0.1) is 0 Å². The molecule has 3 aromatic heterocycles. The van der Waals surface area contributed by atoms with Crippen molar-refractivity contribution in [3.8, 4) is 11.3 Å². The molecule has 0 aliphatic heterocycles. The summed E-state index contributed by atoms with van der Waals surface area (Å²) in [7, 11) is 1.80. The zero-order valence-corrected chi connectivity index (χ0v) is 9.33. The number of hydrogen-bond donors (Lipinski definition) is 1. The predicted octanol–water partition coefficient (Wildman–Crippen LogP) is 1.83. The summed E-state index contributed by atoms with van der Waals surface area (Å²) >= 11 is 0. The average Bonchev–Trinajstić information content (AvgIpc) is 2.82. The zero-order chi connectivity index (χ0) is 11.7. The third-order valence-electron chi connectivity index (χ3n) is 2.58. The Kier molecular flexibility index (Phi) is 2.22. The zero-order valence-electron chi connectivity index (χ0n) is 9.33.